The van der Waals surface area contributed by atoms with Gasteiger partial charge in [-0.1, -0.05) is 32.4 Å². The number of nitrogens with one attached hydrogen (secondary N) is 1. The summed E-state index contributed by atoms with van der Waals surface area (Å²) in [6.45, 7) is 9.05. The molecule has 0 amide bonds. The van der Waals surface area contributed by atoms with Crippen LogP contribution >= 0.6 is 23.4 Å². The molecule has 1 aromatic rings. The van der Waals surface area contributed by atoms with Gasteiger partial charge in [0.1, 0.15) is 0 Å². The van der Waals surface area contributed by atoms with Crippen molar-refractivity contribution in [2.24, 2.45) is 0 Å². The van der Waals surface area contributed by atoms with Crippen LogP contribution in [0.4, 0.5) is 0 Å². The Bertz CT molecular complexity index is 377. The van der Waals surface area contributed by atoms with Gasteiger partial charge in [0, 0.05) is 34.9 Å². The van der Waals surface area contributed by atoms with Crippen molar-refractivity contribution >= 4 is 23.4 Å². The lowest BCUT2D eigenvalue weighted by atomic mass is 10.2. The molecule has 0 aromatic heterocycles. The maximum atomic E-state index is 6.07. The largest absolute Gasteiger partial charge is 0.383 e. The summed E-state index contributed by atoms with van der Waals surface area (Å²) in [5, 5.41) is 4.15. The summed E-state index contributed by atoms with van der Waals surface area (Å²) in [6, 6.07) is 6.09. The zero-order valence-corrected chi connectivity index (χ0v) is 13.1. The summed E-state index contributed by atoms with van der Waals surface area (Å²) in [5.41, 5.74) is 1.25. The lowest BCUT2D eigenvalue weighted by Gasteiger charge is -2.20. The highest BCUT2D eigenvalue weighted by molar-refractivity contribution is 8.00. The number of methoxy groups -OCH3 is 1. The Morgan fingerprint density at radius 2 is 2.06 bits per heavy atom. The van der Waals surface area contributed by atoms with E-state index < -0.39 is 0 Å². The van der Waals surface area contributed by atoms with Gasteiger partial charge in [-0.25, -0.2) is 0 Å². The zero-order chi connectivity index (χ0) is 13.6. The standard InChI is InChI=1S/C14H22ClNOS/c1-14(2,3)18-13-6-5-12(15)9-11(13)10-16-7-8-17-4/h5-6,9,16H,7-8,10H2,1-4H3. The summed E-state index contributed by atoms with van der Waals surface area (Å²) >= 11 is 7.94. The number of benzene rings is 1. The smallest absolute Gasteiger partial charge is 0.0587 e. The highest BCUT2D eigenvalue weighted by atomic mass is 35.5. The molecule has 0 bridgehead atoms. The second-order valence-electron chi connectivity index (χ2n) is 5.14. The predicted octanol–water partition coefficient (Wildman–Crippen LogP) is 3.97. The van der Waals surface area contributed by atoms with E-state index in [-0.39, 0.29) is 4.75 Å². The molecule has 0 unspecified atom stereocenters. The fourth-order valence-electron chi connectivity index (χ4n) is 1.51. The predicted molar refractivity (Wildman–Crippen MR) is 80.6 cm³/mol. The van der Waals surface area contributed by atoms with Gasteiger partial charge in [-0.05, 0) is 23.8 Å². The van der Waals surface area contributed by atoms with Crippen molar-refractivity contribution in [1.82, 2.24) is 5.32 Å². The van der Waals surface area contributed by atoms with E-state index in [1.807, 2.05) is 23.9 Å². The average molecular weight is 288 g/mol. The summed E-state index contributed by atoms with van der Waals surface area (Å²) < 4.78 is 5.22. The number of rotatable bonds is 6. The van der Waals surface area contributed by atoms with Gasteiger partial charge in [0.2, 0.25) is 0 Å². The third kappa shape index (κ3) is 6.10. The van der Waals surface area contributed by atoms with Crippen LogP contribution in [0.3, 0.4) is 0 Å². The third-order valence-electron chi connectivity index (χ3n) is 2.24. The van der Waals surface area contributed by atoms with E-state index in [4.69, 9.17) is 16.3 Å². The van der Waals surface area contributed by atoms with Crippen LogP contribution in [0.15, 0.2) is 23.1 Å². The Kier molecular flexibility index (Phi) is 6.50. The summed E-state index contributed by atoms with van der Waals surface area (Å²) in [6.07, 6.45) is 0. The van der Waals surface area contributed by atoms with Crippen molar-refractivity contribution in [2.45, 2.75) is 37.0 Å². The van der Waals surface area contributed by atoms with Crippen LogP contribution in [0.2, 0.25) is 5.02 Å². The van der Waals surface area contributed by atoms with Crippen LogP contribution in [0, 0.1) is 0 Å². The van der Waals surface area contributed by atoms with E-state index in [1.165, 1.54) is 10.5 Å². The van der Waals surface area contributed by atoms with Gasteiger partial charge in [0.25, 0.3) is 0 Å². The third-order valence-corrected chi connectivity index (χ3v) is 3.70. The first-order valence-corrected chi connectivity index (χ1v) is 7.29. The van der Waals surface area contributed by atoms with Crippen molar-refractivity contribution in [3.05, 3.63) is 28.8 Å². The first kappa shape index (κ1) is 15.8. The molecule has 0 radical (unpaired) electrons. The molecular formula is C14H22ClNOS. The SMILES string of the molecule is COCCNCc1cc(Cl)ccc1SC(C)(C)C. The minimum absolute atomic E-state index is 0.203. The monoisotopic (exact) mass is 287 g/mol. The Morgan fingerprint density at radius 1 is 1.33 bits per heavy atom. The Labute approximate surface area is 119 Å². The maximum Gasteiger partial charge on any atom is 0.0587 e. The maximum absolute atomic E-state index is 6.07. The Balaban J connectivity index is 2.71. The quantitative estimate of drug-likeness (QED) is 0.632. The number of hydrogen-bond acceptors (Lipinski definition) is 3. The van der Waals surface area contributed by atoms with E-state index in [0.717, 1.165) is 24.7 Å². The molecule has 1 aromatic carbocycles. The van der Waals surface area contributed by atoms with Gasteiger partial charge in [0.05, 0.1) is 6.61 Å². The van der Waals surface area contributed by atoms with Crippen molar-refractivity contribution < 1.29 is 4.74 Å². The van der Waals surface area contributed by atoms with Crippen LogP contribution in [-0.4, -0.2) is 25.0 Å². The number of hydrogen-bond donors (Lipinski definition) is 1. The molecule has 0 aliphatic carbocycles. The molecule has 0 fully saturated rings. The van der Waals surface area contributed by atoms with Crippen molar-refractivity contribution in [3.8, 4) is 0 Å². The minimum Gasteiger partial charge on any atom is -0.383 e. The van der Waals surface area contributed by atoms with E-state index in [1.54, 1.807) is 7.11 Å². The summed E-state index contributed by atoms with van der Waals surface area (Å²) in [5.74, 6) is 0. The average Bonchev–Trinajstić information content (AvgIpc) is 2.26. The van der Waals surface area contributed by atoms with Gasteiger partial charge in [0.15, 0.2) is 0 Å². The van der Waals surface area contributed by atoms with Crippen LogP contribution < -0.4 is 5.32 Å². The molecule has 1 N–H and O–H groups in total. The molecular weight excluding hydrogens is 266 g/mol. The first-order valence-electron chi connectivity index (χ1n) is 6.09. The molecule has 102 valence electrons. The molecule has 0 spiro atoms. The van der Waals surface area contributed by atoms with Crippen LogP contribution in [0.1, 0.15) is 26.3 Å². The molecule has 2 nitrogen and oxygen atoms in total. The van der Waals surface area contributed by atoms with Gasteiger partial charge >= 0.3 is 0 Å². The second kappa shape index (κ2) is 7.39. The molecule has 0 aliphatic rings. The van der Waals surface area contributed by atoms with Crippen molar-refractivity contribution in [3.63, 3.8) is 0 Å². The van der Waals surface area contributed by atoms with Crippen LogP contribution in [0.5, 0.6) is 0 Å². The number of ether oxygens (including phenoxy) is 1. The lowest BCUT2D eigenvalue weighted by Crippen LogP contribution is -2.19. The highest BCUT2D eigenvalue weighted by Gasteiger charge is 2.14. The van der Waals surface area contributed by atoms with Crippen molar-refractivity contribution in [2.75, 3.05) is 20.3 Å². The highest BCUT2D eigenvalue weighted by Crippen LogP contribution is 2.35. The van der Waals surface area contributed by atoms with Crippen LogP contribution in [-0.2, 0) is 11.3 Å². The van der Waals surface area contributed by atoms with E-state index in [0.29, 0.717) is 0 Å². The van der Waals surface area contributed by atoms with E-state index in [9.17, 15) is 0 Å². The molecule has 4 heteroatoms. The van der Waals surface area contributed by atoms with Gasteiger partial charge in [-0.15, -0.1) is 11.8 Å². The lowest BCUT2D eigenvalue weighted by molar-refractivity contribution is 0.199. The molecule has 0 saturated carbocycles. The molecule has 0 heterocycles. The molecule has 0 saturated heterocycles. The number of thioether (sulfide) groups is 1. The Morgan fingerprint density at radius 3 is 2.67 bits per heavy atom. The topological polar surface area (TPSA) is 21.3 Å². The molecule has 0 aliphatic heterocycles. The molecule has 1 rings (SSSR count). The molecule has 18 heavy (non-hydrogen) atoms. The van der Waals surface area contributed by atoms with Crippen LogP contribution in [0.25, 0.3) is 0 Å². The Hall–Kier alpha value is -0.220. The van der Waals surface area contributed by atoms with E-state index >= 15 is 0 Å². The number of halogens is 1. The zero-order valence-electron chi connectivity index (χ0n) is 11.5. The fraction of sp³-hybridized carbons (Fsp3) is 0.571. The van der Waals surface area contributed by atoms with Gasteiger partial charge < -0.3 is 10.1 Å². The van der Waals surface area contributed by atoms with Gasteiger partial charge in [-0.2, -0.15) is 0 Å². The van der Waals surface area contributed by atoms with Gasteiger partial charge in [-0.3, -0.25) is 0 Å². The fourth-order valence-corrected chi connectivity index (χ4v) is 2.77. The van der Waals surface area contributed by atoms with E-state index in [2.05, 4.69) is 32.2 Å². The normalized spacial score (nSPS) is 11.8. The second-order valence-corrected chi connectivity index (χ2v) is 7.44. The summed E-state index contributed by atoms with van der Waals surface area (Å²) in [7, 11) is 1.71. The minimum atomic E-state index is 0.203. The summed E-state index contributed by atoms with van der Waals surface area (Å²) in [4.78, 5) is 1.29. The first-order chi connectivity index (χ1) is 8.42. The molecule has 0 atom stereocenters. The van der Waals surface area contributed by atoms with Crippen molar-refractivity contribution in [1.29, 1.82) is 0 Å².